The number of amides is 1. The SMILES string of the molecule is CCc1ccc(C(=O)N(Cc2ccc(OS(=O)(=O)CC)cc2)Cc2ccco2)cc1. The first-order valence-corrected chi connectivity index (χ1v) is 11.4. The van der Waals surface area contributed by atoms with E-state index >= 15 is 0 Å². The molecule has 2 aromatic carbocycles. The first-order chi connectivity index (χ1) is 14.4. The molecular weight excluding hydrogens is 402 g/mol. The van der Waals surface area contributed by atoms with E-state index in [1.54, 1.807) is 41.5 Å². The van der Waals surface area contributed by atoms with E-state index in [0.29, 0.717) is 24.4 Å². The van der Waals surface area contributed by atoms with Crippen LogP contribution >= 0.6 is 0 Å². The van der Waals surface area contributed by atoms with Crippen molar-refractivity contribution in [1.82, 2.24) is 4.90 Å². The van der Waals surface area contributed by atoms with Gasteiger partial charge in [0.2, 0.25) is 0 Å². The molecule has 0 aliphatic rings. The third-order valence-electron chi connectivity index (χ3n) is 4.70. The van der Waals surface area contributed by atoms with Gasteiger partial charge in [-0.2, -0.15) is 8.42 Å². The molecule has 1 heterocycles. The fourth-order valence-electron chi connectivity index (χ4n) is 2.93. The largest absolute Gasteiger partial charge is 0.467 e. The second kappa shape index (κ2) is 9.63. The molecule has 6 nitrogen and oxygen atoms in total. The van der Waals surface area contributed by atoms with Crippen LogP contribution < -0.4 is 4.18 Å². The molecule has 0 aliphatic carbocycles. The average Bonchev–Trinajstić information content (AvgIpc) is 3.27. The third-order valence-corrected chi connectivity index (χ3v) is 5.85. The van der Waals surface area contributed by atoms with Crippen molar-refractivity contribution in [3.63, 3.8) is 0 Å². The molecule has 0 atom stereocenters. The highest BCUT2D eigenvalue weighted by Crippen LogP contribution is 2.19. The van der Waals surface area contributed by atoms with E-state index in [0.717, 1.165) is 12.0 Å². The molecule has 158 valence electrons. The van der Waals surface area contributed by atoms with E-state index < -0.39 is 10.1 Å². The molecule has 3 rings (SSSR count). The van der Waals surface area contributed by atoms with Crippen LogP contribution in [0.25, 0.3) is 0 Å². The molecule has 0 bridgehead atoms. The molecule has 0 saturated heterocycles. The number of hydrogen-bond donors (Lipinski definition) is 0. The van der Waals surface area contributed by atoms with Crippen LogP contribution in [0, 0.1) is 0 Å². The highest BCUT2D eigenvalue weighted by molar-refractivity contribution is 7.87. The van der Waals surface area contributed by atoms with E-state index in [2.05, 4.69) is 6.92 Å². The van der Waals surface area contributed by atoms with Crippen molar-refractivity contribution in [3.8, 4) is 5.75 Å². The Morgan fingerprint density at radius 3 is 2.17 bits per heavy atom. The number of furan rings is 1. The highest BCUT2D eigenvalue weighted by Gasteiger charge is 2.18. The van der Waals surface area contributed by atoms with Gasteiger partial charge in [-0.15, -0.1) is 0 Å². The summed E-state index contributed by atoms with van der Waals surface area (Å²) in [7, 11) is -3.57. The van der Waals surface area contributed by atoms with Crippen LogP contribution in [0.1, 0.15) is 41.1 Å². The lowest BCUT2D eigenvalue weighted by atomic mass is 10.1. The molecule has 0 N–H and O–H groups in total. The Morgan fingerprint density at radius 1 is 0.933 bits per heavy atom. The fraction of sp³-hybridized carbons (Fsp3) is 0.261. The van der Waals surface area contributed by atoms with Crippen LogP contribution in [0.3, 0.4) is 0 Å². The number of nitrogens with zero attached hydrogens (tertiary/aromatic N) is 1. The zero-order valence-electron chi connectivity index (χ0n) is 17.1. The van der Waals surface area contributed by atoms with E-state index in [-0.39, 0.29) is 17.4 Å². The molecule has 0 saturated carbocycles. The fourth-order valence-corrected chi connectivity index (χ4v) is 3.45. The summed E-state index contributed by atoms with van der Waals surface area (Å²) in [5, 5.41) is 0. The van der Waals surface area contributed by atoms with Crippen LogP contribution in [-0.4, -0.2) is 25.0 Å². The van der Waals surface area contributed by atoms with E-state index in [4.69, 9.17) is 8.60 Å². The van der Waals surface area contributed by atoms with Crippen molar-refractivity contribution in [2.45, 2.75) is 33.4 Å². The summed E-state index contributed by atoms with van der Waals surface area (Å²) in [4.78, 5) is 14.8. The number of rotatable bonds is 9. The molecule has 0 radical (unpaired) electrons. The van der Waals surface area contributed by atoms with Crippen LogP contribution in [-0.2, 0) is 29.6 Å². The summed E-state index contributed by atoms with van der Waals surface area (Å²) < 4.78 is 33.7. The van der Waals surface area contributed by atoms with Crippen molar-refractivity contribution in [1.29, 1.82) is 0 Å². The summed E-state index contributed by atoms with van der Waals surface area (Å²) in [5.74, 6) is 0.724. The Balaban J connectivity index is 1.79. The molecule has 0 fully saturated rings. The van der Waals surface area contributed by atoms with Gasteiger partial charge in [0.15, 0.2) is 0 Å². The van der Waals surface area contributed by atoms with Gasteiger partial charge in [-0.3, -0.25) is 4.79 Å². The van der Waals surface area contributed by atoms with Crippen LogP contribution in [0.5, 0.6) is 5.75 Å². The minimum Gasteiger partial charge on any atom is -0.467 e. The number of aryl methyl sites for hydroxylation is 1. The molecule has 0 unspecified atom stereocenters. The Labute approximate surface area is 177 Å². The smallest absolute Gasteiger partial charge is 0.308 e. The first-order valence-electron chi connectivity index (χ1n) is 9.82. The Bertz CT molecular complexity index is 1060. The van der Waals surface area contributed by atoms with Crippen LogP contribution in [0.4, 0.5) is 0 Å². The van der Waals surface area contributed by atoms with Crippen molar-refractivity contribution in [3.05, 3.63) is 89.4 Å². The van der Waals surface area contributed by atoms with Gasteiger partial charge >= 0.3 is 10.1 Å². The zero-order valence-corrected chi connectivity index (χ0v) is 17.9. The number of hydrogen-bond acceptors (Lipinski definition) is 5. The van der Waals surface area contributed by atoms with Gasteiger partial charge in [-0.25, -0.2) is 0 Å². The lowest BCUT2D eigenvalue weighted by molar-refractivity contribution is 0.0717. The Morgan fingerprint density at radius 2 is 1.60 bits per heavy atom. The van der Waals surface area contributed by atoms with Gasteiger partial charge in [0.1, 0.15) is 11.5 Å². The van der Waals surface area contributed by atoms with Crippen molar-refractivity contribution in [2.75, 3.05) is 5.75 Å². The number of carbonyl (C=O) groups excluding carboxylic acids is 1. The monoisotopic (exact) mass is 427 g/mol. The molecule has 0 aliphatic heterocycles. The highest BCUT2D eigenvalue weighted by atomic mass is 32.2. The first kappa shape index (κ1) is 21.6. The van der Waals surface area contributed by atoms with Crippen molar-refractivity contribution >= 4 is 16.0 Å². The second-order valence-electron chi connectivity index (χ2n) is 6.86. The van der Waals surface area contributed by atoms with Crippen LogP contribution in [0.15, 0.2) is 71.3 Å². The summed E-state index contributed by atoms with van der Waals surface area (Å²) >= 11 is 0. The molecular formula is C23H25NO5S. The molecule has 1 aromatic heterocycles. The van der Waals surface area contributed by atoms with Gasteiger partial charge in [-0.05, 0) is 60.9 Å². The van der Waals surface area contributed by atoms with Crippen molar-refractivity contribution < 1.29 is 21.8 Å². The topological polar surface area (TPSA) is 76.8 Å². The van der Waals surface area contributed by atoms with Gasteiger partial charge in [0.25, 0.3) is 5.91 Å². The van der Waals surface area contributed by atoms with Gasteiger partial charge < -0.3 is 13.5 Å². The maximum atomic E-state index is 13.1. The van der Waals surface area contributed by atoms with Gasteiger partial charge in [0, 0.05) is 12.1 Å². The quantitative estimate of drug-likeness (QED) is 0.473. The average molecular weight is 428 g/mol. The van der Waals surface area contributed by atoms with E-state index in [1.165, 1.54) is 12.5 Å². The van der Waals surface area contributed by atoms with E-state index in [9.17, 15) is 13.2 Å². The lowest BCUT2D eigenvalue weighted by Gasteiger charge is -2.22. The lowest BCUT2D eigenvalue weighted by Crippen LogP contribution is -2.30. The predicted octanol–water partition coefficient (Wildman–Crippen LogP) is 4.41. The van der Waals surface area contributed by atoms with Crippen LogP contribution in [0.2, 0.25) is 0 Å². The summed E-state index contributed by atoms with van der Waals surface area (Å²) in [6.45, 7) is 4.26. The van der Waals surface area contributed by atoms with Gasteiger partial charge in [-0.1, -0.05) is 31.2 Å². The Kier molecular flexibility index (Phi) is 6.95. The minimum atomic E-state index is -3.57. The normalized spacial score (nSPS) is 11.3. The predicted molar refractivity (Wildman–Crippen MR) is 115 cm³/mol. The Hall–Kier alpha value is -3.06. The molecule has 7 heteroatoms. The third kappa shape index (κ3) is 5.73. The summed E-state index contributed by atoms with van der Waals surface area (Å²) in [5.41, 5.74) is 2.62. The summed E-state index contributed by atoms with van der Waals surface area (Å²) in [6.07, 6.45) is 2.49. The minimum absolute atomic E-state index is 0.100. The van der Waals surface area contributed by atoms with Crippen molar-refractivity contribution in [2.24, 2.45) is 0 Å². The summed E-state index contributed by atoms with van der Waals surface area (Å²) in [6, 6.07) is 17.9. The van der Waals surface area contributed by atoms with E-state index in [1.807, 2.05) is 30.3 Å². The maximum Gasteiger partial charge on any atom is 0.308 e. The number of carbonyl (C=O) groups is 1. The number of benzene rings is 2. The molecule has 30 heavy (non-hydrogen) atoms. The second-order valence-corrected chi connectivity index (χ2v) is 8.72. The zero-order chi connectivity index (χ0) is 21.6. The van der Waals surface area contributed by atoms with Gasteiger partial charge in [0.05, 0.1) is 18.6 Å². The maximum absolute atomic E-state index is 13.1. The standard InChI is InChI=1S/C23H25NO5S/c1-3-18-7-11-20(12-8-18)23(25)24(17-22-6-5-15-28-22)16-19-9-13-21(14-10-19)29-30(26,27)4-2/h5-15H,3-4,16-17H2,1-2H3. The molecule has 0 spiro atoms. The molecule has 3 aromatic rings. The molecule has 1 amide bonds.